The number of halogens is 3. The minimum atomic E-state index is -4.49. The van der Waals surface area contributed by atoms with Gasteiger partial charge in [0.1, 0.15) is 12.5 Å². The molecular weight excluding hydrogens is 135 g/mol. The van der Waals surface area contributed by atoms with Crippen LogP contribution in [-0.2, 0) is 6.18 Å². The van der Waals surface area contributed by atoms with E-state index in [2.05, 4.69) is 9.40 Å². The van der Waals surface area contributed by atoms with Crippen molar-refractivity contribution in [2.75, 3.05) is 0 Å². The van der Waals surface area contributed by atoms with Crippen LogP contribution in [0.5, 0.6) is 0 Å². The van der Waals surface area contributed by atoms with E-state index in [1.54, 1.807) is 0 Å². The second-order valence-corrected chi connectivity index (χ2v) is 1.28. The topological polar surface area (TPSA) is 26.0 Å². The molecule has 1 aromatic heterocycles. The van der Waals surface area contributed by atoms with Crippen LogP contribution in [0.2, 0.25) is 0 Å². The Morgan fingerprint density at radius 1 is 1.56 bits per heavy atom. The van der Waals surface area contributed by atoms with E-state index in [4.69, 9.17) is 0 Å². The second kappa shape index (κ2) is 1.75. The molecule has 1 rings (SSSR count). The molecule has 0 aliphatic heterocycles. The summed E-state index contributed by atoms with van der Waals surface area (Å²) in [5, 5.41) is 0. The van der Waals surface area contributed by atoms with E-state index in [1.807, 2.05) is 6.20 Å². The molecule has 0 spiro atoms. The Balaban J connectivity index is 2.90. The van der Waals surface area contributed by atoms with Crippen LogP contribution >= 0.6 is 0 Å². The SMILES string of the molecule is FC(F)(F)c1n[c]co1. The van der Waals surface area contributed by atoms with Crippen LogP contribution in [0.1, 0.15) is 5.89 Å². The summed E-state index contributed by atoms with van der Waals surface area (Å²) < 4.78 is 38.2. The van der Waals surface area contributed by atoms with Gasteiger partial charge in [0, 0.05) is 0 Å². The number of alkyl halides is 3. The van der Waals surface area contributed by atoms with Gasteiger partial charge in [0.25, 0.3) is 0 Å². The molecule has 0 saturated carbocycles. The molecule has 0 N–H and O–H groups in total. The highest BCUT2D eigenvalue weighted by Crippen LogP contribution is 2.26. The Kier molecular flexibility index (Phi) is 1.19. The van der Waals surface area contributed by atoms with Gasteiger partial charge in [-0.2, -0.15) is 13.2 Å². The molecule has 0 amide bonds. The number of oxazole rings is 1. The highest BCUT2D eigenvalue weighted by molar-refractivity contribution is 4.83. The summed E-state index contributed by atoms with van der Waals surface area (Å²) in [4.78, 5) is 2.77. The van der Waals surface area contributed by atoms with Crippen LogP contribution < -0.4 is 0 Å². The molecule has 0 fully saturated rings. The van der Waals surface area contributed by atoms with E-state index >= 15 is 0 Å². The molecule has 0 aromatic carbocycles. The molecule has 0 aliphatic rings. The highest BCUT2D eigenvalue weighted by atomic mass is 19.4. The summed E-state index contributed by atoms with van der Waals surface area (Å²) in [5.74, 6) is -1.26. The first-order valence-electron chi connectivity index (χ1n) is 1.99. The maximum Gasteiger partial charge on any atom is 0.468 e. The van der Waals surface area contributed by atoms with Gasteiger partial charge in [-0.15, -0.1) is 0 Å². The van der Waals surface area contributed by atoms with Crippen LogP contribution in [0, 0.1) is 6.20 Å². The quantitative estimate of drug-likeness (QED) is 0.540. The van der Waals surface area contributed by atoms with E-state index in [1.165, 1.54) is 0 Å². The first-order valence-corrected chi connectivity index (χ1v) is 1.99. The molecule has 1 aromatic rings. The van der Waals surface area contributed by atoms with Gasteiger partial charge in [-0.05, 0) is 0 Å². The zero-order chi connectivity index (χ0) is 6.91. The minimum absolute atomic E-state index is 0.753. The van der Waals surface area contributed by atoms with Crippen molar-refractivity contribution in [1.82, 2.24) is 4.98 Å². The smallest absolute Gasteiger partial charge is 0.441 e. The predicted molar refractivity (Wildman–Crippen MR) is 20.3 cm³/mol. The number of nitrogens with zero attached hydrogens (tertiary/aromatic N) is 1. The summed E-state index contributed by atoms with van der Waals surface area (Å²) in [6, 6.07) is 0. The predicted octanol–water partition coefficient (Wildman–Crippen LogP) is 1.49. The molecule has 2 nitrogen and oxygen atoms in total. The first-order chi connectivity index (χ1) is 4.11. The Labute approximate surface area is 48.3 Å². The van der Waals surface area contributed by atoms with Gasteiger partial charge in [-0.25, -0.2) is 4.98 Å². The minimum Gasteiger partial charge on any atom is -0.441 e. The second-order valence-electron chi connectivity index (χ2n) is 1.28. The highest BCUT2D eigenvalue weighted by Gasteiger charge is 2.36. The van der Waals surface area contributed by atoms with Crippen molar-refractivity contribution in [3.8, 4) is 0 Å². The van der Waals surface area contributed by atoms with Crippen LogP contribution in [-0.4, -0.2) is 4.98 Å². The Hall–Kier alpha value is -1.00. The molecule has 0 unspecified atom stereocenters. The first kappa shape index (κ1) is 6.12. The van der Waals surface area contributed by atoms with Crippen molar-refractivity contribution >= 4 is 0 Å². The third kappa shape index (κ3) is 1.22. The van der Waals surface area contributed by atoms with Crippen LogP contribution in [0.3, 0.4) is 0 Å². The number of hydrogen-bond donors (Lipinski definition) is 0. The van der Waals surface area contributed by atoms with Crippen LogP contribution in [0.25, 0.3) is 0 Å². The average Bonchev–Trinajstić information content (AvgIpc) is 2.08. The summed E-state index contributed by atoms with van der Waals surface area (Å²) in [6.07, 6.45) is -1.83. The van der Waals surface area contributed by atoms with E-state index in [0.29, 0.717) is 0 Å². The van der Waals surface area contributed by atoms with Gasteiger partial charge in [-0.3, -0.25) is 0 Å². The van der Waals surface area contributed by atoms with Crippen LogP contribution in [0.4, 0.5) is 13.2 Å². The zero-order valence-electron chi connectivity index (χ0n) is 4.07. The fourth-order valence-corrected chi connectivity index (χ4v) is 0.324. The Morgan fingerprint density at radius 2 is 2.22 bits per heavy atom. The third-order valence-electron chi connectivity index (χ3n) is 0.632. The Morgan fingerprint density at radius 3 is 2.44 bits per heavy atom. The van der Waals surface area contributed by atoms with Gasteiger partial charge < -0.3 is 4.42 Å². The average molecular weight is 136 g/mol. The molecule has 1 heterocycles. The van der Waals surface area contributed by atoms with Gasteiger partial charge in [0.15, 0.2) is 0 Å². The van der Waals surface area contributed by atoms with Crippen molar-refractivity contribution in [2.45, 2.75) is 6.18 Å². The molecule has 1 radical (unpaired) electrons. The summed E-state index contributed by atoms with van der Waals surface area (Å²) in [5.41, 5.74) is 0. The van der Waals surface area contributed by atoms with Gasteiger partial charge >= 0.3 is 12.1 Å². The maximum absolute atomic E-state index is 11.4. The maximum atomic E-state index is 11.4. The zero-order valence-corrected chi connectivity index (χ0v) is 4.07. The lowest BCUT2D eigenvalue weighted by molar-refractivity contribution is -0.157. The summed E-state index contributed by atoms with van der Waals surface area (Å²) in [6.45, 7) is 0. The standard InChI is InChI=1S/C4HF3NO/c5-4(6,7)3-8-1-2-9-3/h2H. The number of hydrogen-bond acceptors (Lipinski definition) is 2. The molecule has 0 atom stereocenters. The lowest BCUT2D eigenvalue weighted by Crippen LogP contribution is -2.04. The molecule has 0 aliphatic carbocycles. The molecule has 9 heavy (non-hydrogen) atoms. The molecule has 49 valence electrons. The summed E-state index contributed by atoms with van der Waals surface area (Å²) >= 11 is 0. The van der Waals surface area contributed by atoms with Crippen molar-refractivity contribution < 1.29 is 17.6 Å². The van der Waals surface area contributed by atoms with Crippen molar-refractivity contribution in [3.05, 3.63) is 18.4 Å². The van der Waals surface area contributed by atoms with Gasteiger partial charge in [0.2, 0.25) is 0 Å². The van der Waals surface area contributed by atoms with Crippen molar-refractivity contribution in [2.24, 2.45) is 0 Å². The molecule has 5 heteroatoms. The van der Waals surface area contributed by atoms with E-state index in [9.17, 15) is 13.2 Å². The lowest BCUT2D eigenvalue weighted by atomic mass is 10.7. The van der Waals surface area contributed by atoms with E-state index in [-0.39, 0.29) is 0 Å². The number of aromatic nitrogens is 1. The van der Waals surface area contributed by atoms with Gasteiger partial charge in [0.05, 0.1) is 0 Å². The third-order valence-corrected chi connectivity index (χ3v) is 0.632. The fourth-order valence-electron chi connectivity index (χ4n) is 0.324. The normalized spacial score (nSPS) is 11.9. The lowest BCUT2D eigenvalue weighted by Gasteiger charge is -1.96. The van der Waals surface area contributed by atoms with Crippen molar-refractivity contribution in [1.29, 1.82) is 0 Å². The van der Waals surface area contributed by atoms with Crippen molar-refractivity contribution in [3.63, 3.8) is 0 Å². The largest absolute Gasteiger partial charge is 0.468 e. The summed E-state index contributed by atoms with van der Waals surface area (Å²) in [7, 11) is 0. The molecule has 0 saturated heterocycles. The molecule has 0 bridgehead atoms. The fraction of sp³-hybridized carbons (Fsp3) is 0.250. The Bertz CT molecular complexity index is 178. The van der Waals surface area contributed by atoms with Gasteiger partial charge in [-0.1, -0.05) is 0 Å². The van der Waals surface area contributed by atoms with E-state index < -0.39 is 12.1 Å². The monoisotopic (exact) mass is 136 g/mol. The van der Waals surface area contributed by atoms with Crippen LogP contribution in [0.15, 0.2) is 10.7 Å². The van der Waals surface area contributed by atoms with E-state index in [0.717, 1.165) is 6.26 Å². The molecular formula is C4HF3NO. The number of rotatable bonds is 0.